The zero-order valence-corrected chi connectivity index (χ0v) is 8.06. The van der Waals surface area contributed by atoms with E-state index in [2.05, 4.69) is 19.2 Å². The van der Waals surface area contributed by atoms with Crippen molar-refractivity contribution in [2.75, 3.05) is 19.6 Å². The lowest BCUT2D eigenvalue weighted by molar-refractivity contribution is 0.715. The molecule has 0 fully saturated rings. The lowest BCUT2D eigenvalue weighted by Gasteiger charge is -1.92. The second kappa shape index (κ2) is 12.5. The molecular weight excluding hydrogens is 138 g/mol. The number of rotatable bonds is 4. The molecule has 0 aromatic rings. The van der Waals surface area contributed by atoms with E-state index >= 15 is 0 Å². The van der Waals surface area contributed by atoms with E-state index in [1.54, 1.807) is 0 Å². The van der Waals surface area contributed by atoms with Crippen molar-refractivity contribution in [2.45, 2.75) is 33.2 Å². The molecule has 0 heterocycles. The van der Waals surface area contributed by atoms with Crippen LogP contribution in [0.2, 0.25) is 0 Å². The smallest absolute Gasteiger partial charge is 0.00743 e. The van der Waals surface area contributed by atoms with Crippen LogP contribution in [0.25, 0.3) is 0 Å². The van der Waals surface area contributed by atoms with Gasteiger partial charge < -0.3 is 16.8 Å². The Morgan fingerprint density at radius 2 is 1.82 bits per heavy atom. The van der Waals surface area contributed by atoms with Crippen LogP contribution in [0.1, 0.15) is 27.2 Å². The minimum Gasteiger partial charge on any atom is -0.329 e. The molecule has 70 valence electrons. The van der Waals surface area contributed by atoms with E-state index in [1.807, 2.05) is 6.92 Å². The second-order valence-corrected chi connectivity index (χ2v) is 2.53. The van der Waals surface area contributed by atoms with Crippen molar-refractivity contribution >= 4 is 0 Å². The molecule has 0 bridgehead atoms. The third-order valence-corrected chi connectivity index (χ3v) is 1.22. The van der Waals surface area contributed by atoms with E-state index in [4.69, 9.17) is 11.5 Å². The SMILES string of the molecule is CCC(C)N.CCNCCN. The fourth-order valence-corrected chi connectivity index (χ4v) is 0.279. The highest BCUT2D eigenvalue weighted by molar-refractivity contribution is 4.43. The van der Waals surface area contributed by atoms with Crippen LogP contribution < -0.4 is 16.8 Å². The second-order valence-electron chi connectivity index (χ2n) is 2.53. The summed E-state index contributed by atoms with van der Waals surface area (Å²) in [6.45, 7) is 8.85. The van der Waals surface area contributed by atoms with Crippen molar-refractivity contribution in [1.29, 1.82) is 0 Å². The molecule has 0 aromatic carbocycles. The maximum absolute atomic E-state index is 5.29. The summed E-state index contributed by atoms with van der Waals surface area (Å²) in [7, 11) is 0. The topological polar surface area (TPSA) is 64.1 Å². The lowest BCUT2D eigenvalue weighted by atomic mass is 10.3. The van der Waals surface area contributed by atoms with E-state index in [0.717, 1.165) is 26.1 Å². The molecule has 0 radical (unpaired) electrons. The fraction of sp³-hybridized carbons (Fsp3) is 1.00. The van der Waals surface area contributed by atoms with Crippen molar-refractivity contribution in [3.05, 3.63) is 0 Å². The van der Waals surface area contributed by atoms with Gasteiger partial charge in [0.1, 0.15) is 0 Å². The summed E-state index contributed by atoms with van der Waals surface area (Å²) in [6, 6.07) is 0.384. The number of hydrogen-bond donors (Lipinski definition) is 3. The van der Waals surface area contributed by atoms with Crippen LogP contribution >= 0.6 is 0 Å². The first-order valence-electron chi connectivity index (χ1n) is 4.35. The third-order valence-electron chi connectivity index (χ3n) is 1.22. The molecule has 0 aliphatic heterocycles. The number of hydrogen-bond acceptors (Lipinski definition) is 3. The average molecular weight is 161 g/mol. The fourth-order valence-electron chi connectivity index (χ4n) is 0.279. The normalized spacial score (nSPS) is 11.7. The van der Waals surface area contributed by atoms with Crippen LogP contribution in [0.4, 0.5) is 0 Å². The molecule has 0 saturated carbocycles. The van der Waals surface area contributed by atoms with Gasteiger partial charge in [-0.2, -0.15) is 0 Å². The zero-order valence-electron chi connectivity index (χ0n) is 8.06. The standard InChI is InChI=1S/C4H12N2.C4H11N/c1-2-6-4-3-5;1-3-4(2)5/h6H,2-5H2,1H3;4H,3,5H2,1-2H3. The van der Waals surface area contributed by atoms with Gasteiger partial charge in [0.2, 0.25) is 0 Å². The van der Waals surface area contributed by atoms with Gasteiger partial charge in [0, 0.05) is 19.1 Å². The van der Waals surface area contributed by atoms with E-state index in [1.165, 1.54) is 0 Å². The average Bonchev–Trinajstić information content (AvgIpc) is 2.02. The first kappa shape index (κ1) is 13.5. The first-order chi connectivity index (χ1) is 5.18. The molecule has 0 aromatic heterocycles. The predicted octanol–water partition coefficient (Wildman–Crippen LogP) is 0.298. The van der Waals surface area contributed by atoms with Crippen LogP contribution in [0.5, 0.6) is 0 Å². The maximum atomic E-state index is 5.29. The highest BCUT2D eigenvalue weighted by Gasteiger charge is 1.79. The van der Waals surface area contributed by atoms with Gasteiger partial charge in [-0.15, -0.1) is 0 Å². The molecule has 0 aliphatic rings. The molecule has 0 amide bonds. The van der Waals surface area contributed by atoms with E-state index in [-0.39, 0.29) is 0 Å². The van der Waals surface area contributed by atoms with Crippen molar-refractivity contribution in [3.8, 4) is 0 Å². The first-order valence-corrected chi connectivity index (χ1v) is 4.35. The van der Waals surface area contributed by atoms with Crippen molar-refractivity contribution < 1.29 is 0 Å². The Bertz CT molecular complexity index is 51.3. The van der Waals surface area contributed by atoms with Crippen LogP contribution in [0.3, 0.4) is 0 Å². The number of nitrogens with one attached hydrogen (secondary N) is 1. The molecule has 0 rings (SSSR count). The van der Waals surface area contributed by atoms with Gasteiger partial charge in [-0.25, -0.2) is 0 Å². The van der Waals surface area contributed by atoms with Crippen molar-refractivity contribution in [1.82, 2.24) is 5.32 Å². The molecular formula is C8H23N3. The van der Waals surface area contributed by atoms with E-state index in [0.29, 0.717) is 6.04 Å². The molecule has 0 spiro atoms. The summed E-state index contributed by atoms with van der Waals surface area (Å²) in [5.74, 6) is 0. The molecule has 11 heavy (non-hydrogen) atoms. The minimum atomic E-state index is 0.384. The Morgan fingerprint density at radius 3 is 1.91 bits per heavy atom. The zero-order chi connectivity index (χ0) is 9.11. The molecule has 0 aliphatic carbocycles. The van der Waals surface area contributed by atoms with Gasteiger partial charge in [-0.1, -0.05) is 13.8 Å². The summed E-state index contributed by atoms with van der Waals surface area (Å²) in [4.78, 5) is 0. The van der Waals surface area contributed by atoms with Crippen molar-refractivity contribution in [3.63, 3.8) is 0 Å². The quantitative estimate of drug-likeness (QED) is 0.520. The van der Waals surface area contributed by atoms with E-state index in [9.17, 15) is 0 Å². The van der Waals surface area contributed by atoms with Gasteiger partial charge in [0.15, 0.2) is 0 Å². The van der Waals surface area contributed by atoms with E-state index < -0.39 is 0 Å². The summed E-state index contributed by atoms with van der Waals surface area (Å²) in [5, 5.41) is 3.07. The Balaban J connectivity index is 0. The van der Waals surface area contributed by atoms with Crippen LogP contribution in [-0.2, 0) is 0 Å². The summed E-state index contributed by atoms with van der Waals surface area (Å²) < 4.78 is 0. The maximum Gasteiger partial charge on any atom is 0.00743 e. The Morgan fingerprint density at radius 1 is 1.36 bits per heavy atom. The van der Waals surface area contributed by atoms with Gasteiger partial charge in [-0.3, -0.25) is 0 Å². The monoisotopic (exact) mass is 161 g/mol. The van der Waals surface area contributed by atoms with Crippen LogP contribution in [0, 0.1) is 0 Å². The Hall–Kier alpha value is -0.120. The van der Waals surface area contributed by atoms with Crippen LogP contribution in [0.15, 0.2) is 0 Å². The third kappa shape index (κ3) is 25.8. The predicted molar refractivity (Wildman–Crippen MR) is 51.5 cm³/mol. The minimum absolute atomic E-state index is 0.384. The highest BCUT2D eigenvalue weighted by Crippen LogP contribution is 1.77. The molecule has 3 heteroatoms. The Labute approximate surface area is 70.5 Å². The largest absolute Gasteiger partial charge is 0.329 e. The summed E-state index contributed by atoms with van der Waals surface area (Å²) in [5.41, 5.74) is 10.4. The lowest BCUT2D eigenvalue weighted by Crippen LogP contribution is -2.21. The number of nitrogens with two attached hydrogens (primary N) is 2. The van der Waals surface area contributed by atoms with Crippen molar-refractivity contribution in [2.24, 2.45) is 11.5 Å². The highest BCUT2D eigenvalue weighted by atomic mass is 14.9. The molecule has 1 unspecified atom stereocenters. The van der Waals surface area contributed by atoms with Crippen LogP contribution in [-0.4, -0.2) is 25.7 Å². The van der Waals surface area contributed by atoms with Gasteiger partial charge in [0.05, 0.1) is 0 Å². The summed E-state index contributed by atoms with van der Waals surface area (Å²) in [6.07, 6.45) is 1.08. The summed E-state index contributed by atoms with van der Waals surface area (Å²) >= 11 is 0. The molecule has 3 nitrogen and oxygen atoms in total. The van der Waals surface area contributed by atoms with Gasteiger partial charge in [0.25, 0.3) is 0 Å². The Kier molecular flexibility index (Phi) is 15.4. The molecule has 1 atom stereocenters. The number of likely N-dealkylation sites (N-methyl/N-ethyl adjacent to an activating group) is 1. The van der Waals surface area contributed by atoms with Gasteiger partial charge >= 0.3 is 0 Å². The molecule has 5 N–H and O–H groups in total. The van der Waals surface area contributed by atoms with Gasteiger partial charge in [-0.05, 0) is 19.9 Å². The molecule has 0 saturated heterocycles.